The molecule has 1 aliphatic carbocycles. The van der Waals surface area contributed by atoms with Gasteiger partial charge in [-0.2, -0.15) is 0 Å². The number of carbonyl (C=O) groups is 2. The molecule has 1 aromatic rings. The van der Waals surface area contributed by atoms with Crippen molar-refractivity contribution >= 4 is 23.5 Å². The summed E-state index contributed by atoms with van der Waals surface area (Å²) in [5.41, 5.74) is 0.141. The fraction of sp³-hybridized carbons (Fsp3) is 0.429. The largest absolute Gasteiger partial charge is 0.481 e. The van der Waals surface area contributed by atoms with Gasteiger partial charge < -0.3 is 15.2 Å². The summed E-state index contributed by atoms with van der Waals surface area (Å²) in [5, 5.41) is 12.3. The Labute approximate surface area is 120 Å². The molecule has 3 rings (SSSR count). The molecule has 1 aromatic carbocycles. The van der Waals surface area contributed by atoms with Crippen molar-refractivity contribution in [2.75, 3.05) is 6.54 Å². The number of amides is 1. The summed E-state index contributed by atoms with van der Waals surface area (Å²) < 4.78 is 5.55. The van der Waals surface area contributed by atoms with Crippen molar-refractivity contribution in [1.82, 2.24) is 5.32 Å². The molecule has 1 unspecified atom stereocenters. The van der Waals surface area contributed by atoms with Crippen LogP contribution >= 0.6 is 11.6 Å². The smallest absolute Gasteiger partial charge is 0.311 e. The minimum Gasteiger partial charge on any atom is -0.481 e. The molecule has 106 valence electrons. The first-order valence-corrected chi connectivity index (χ1v) is 6.84. The second kappa shape index (κ2) is 4.66. The van der Waals surface area contributed by atoms with E-state index in [2.05, 4.69) is 5.32 Å². The molecule has 5 nitrogen and oxygen atoms in total. The van der Waals surface area contributed by atoms with Crippen molar-refractivity contribution in [2.45, 2.75) is 25.4 Å². The first-order valence-electron chi connectivity index (χ1n) is 6.46. The third-order valence-electron chi connectivity index (χ3n) is 3.90. The number of ether oxygens (including phenoxy) is 1. The summed E-state index contributed by atoms with van der Waals surface area (Å²) in [6.07, 6.45) is 1.09. The van der Waals surface area contributed by atoms with Crippen LogP contribution in [0.2, 0.25) is 5.02 Å². The van der Waals surface area contributed by atoms with E-state index in [0.717, 1.165) is 5.56 Å². The van der Waals surface area contributed by atoms with Crippen LogP contribution in [-0.4, -0.2) is 29.6 Å². The summed E-state index contributed by atoms with van der Waals surface area (Å²) in [6, 6.07) is 5.23. The van der Waals surface area contributed by atoms with Crippen LogP contribution in [0.5, 0.6) is 5.75 Å². The van der Waals surface area contributed by atoms with E-state index in [1.165, 1.54) is 0 Å². The third-order valence-corrected chi connectivity index (χ3v) is 4.13. The first-order chi connectivity index (χ1) is 9.50. The Morgan fingerprint density at radius 3 is 2.85 bits per heavy atom. The van der Waals surface area contributed by atoms with Gasteiger partial charge in [-0.15, -0.1) is 0 Å². The van der Waals surface area contributed by atoms with Crippen LogP contribution in [-0.2, 0) is 16.0 Å². The van der Waals surface area contributed by atoms with Gasteiger partial charge in [0.25, 0.3) is 5.91 Å². The van der Waals surface area contributed by atoms with E-state index >= 15 is 0 Å². The quantitative estimate of drug-likeness (QED) is 0.885. The fourth-order valence-electron chi connectivity index (χ4n) is 2.35. The van der Waals surface area contributed by atoms with Gasteiger partial charge in [0.2, 0.25) is 0 Å². The zero-order chi connectivity index (χ0) is 14.3. The molecule has 0 bridgehead atoms. The highest BCUT2D eigenvalue weighted by atomic mass is 35.5. The third kappa shape index (κ3) is 2.33. The van der Waals surface area contributed by atoms with Crippen molar-refractivity contribution in [3.05, 3.63) is 28.8 Å². The van der Waals surface area contributed by atoms with E-state index in [1.807, 2.05) is 0 Å². The molecule has 0 spiro atoms. The van der Waals surface area contributed by atoms with Crippen LogP contribution in [0.1, 0.15) is 18.4 Å². The van der Waals surface area contributed by atoms with E-state index in [-0.39, 0.29) is 12.5 Å². The molecular formula is C14H14ClNO4. The summed E-state index contributed by atoms with van der Waals surface area (Å²) in [6.45, 7) is 0.165. The standard InChI is InChI=1S/C14H14ClNO4/c15-9-1-2-10-8(5-9)6-11(20-10)12(17)16-7-14(3-4-14)13(18)19/h1-2,5,11H,3-4,6-7H2,(H,16,17)(H,18,19). The van der Waals surface area contributed by atoms with Gasteiger partial charge >= 0.3 is 5.97 Å². The molecule has 1 atom stereocenters. The average Bonchev–Trinajstić information content (AvgIpc) is 3.09. The average molecular weight is 296 g/mol. The Bertz CT molecular complexity index is 583. The second-order valence-electron chi connectivity index (χ2n) is 5.37. The van der Waals surface area contributed by atoms with Crippen molar-refractivity contribution < 1.29 is 19.4 Å². The molecule has 6 heteroatoms. The van der Waals surface area contributed by atoms with Gasteiger partial charge in [0.15, 0.2) is 6.10 Å². The number of carboxylic acids is 1. The molecule has 0 aromatic heterocycles. The maximum atomic E-state index is 12.0. The number of aliphatic carboxylic acids is 1. The lowest BCUT2D eigenvalue weighted by Crippen LogP contribution is -2.41. The van der Waals surface area contributed by atoms with Gasteiger partial charge in [-0.05, 0) is 36.6 Å². The van der Waals surface area contributed by atoms with E-state index in [0.29, 0.717) is 30.0 Å². The highest BCUT2D eigenvalue weighted by Gasteiger charge is 2.50. The predicted molar refractivity (Wildman–Crippen MR) is 71.9 cm³/mol. The minimum absolute atomic E-state index is 0.165. The molecule has 1 aliphatic heterocycles. The zero-order valence-electron chi connectivity index (χ0n) is 10.7. The van der Waals surface area contributed by atoms with E-state index in [1.54, 1.807) is 18.2 Å². The molecule has 1 fully saturated rings. The fourth-order valence-corrected chi connectivity index (χ4v) is 2.55. The van der Waals surface area contributed by atoms with Crippen LogP contribution in [0.25, 0.3) is 0 Å². The maximum absolute atomic E-state index is 12.0. The van der Waals surface area contributed by atoms with Crippen LogP contribution < -0.4 is 10.1 Å². The van der Waals surface area contributed by atoms with Gasteiger partial charge in [0.1, 0.15) is 5.75 Å². The molecule has 1 heterocycles. The number of carboxylic acid groups (broad SMARTS) is 1. The van der Waals surface area contributed by atoms with E-state index in [9.17, 15) is 9.59 Å². The summed E-state index contributed by atoms with van der Waals surface area (Å²) in [4.78, 5) is 23.1. The molecule has 1 amide bonds. The number of rotatable bonds is 4. The lowest BCUT2D eigenvalue weighted by Gasteiger charge is -2.14. The molecule has 0 radical (unpaired) electrons. The van der Waals surface area contributed by atoms with Crippen LogP contribution in [0.15, 0.2) is 18.2 Å². The number of hydrogen-bond acceptors (Lipinski definition) is 3. The highest BCUT2D eigenvalue weighted by molar-refractivity contribution is 6.30. The van der Waals surface area contributed by atoms with Crippen LogP contribution in [0, 0.1) is 5.41 Å². The van der Waals surface area contributed by atoms with Gasteiger partial charge in [0, 0.05) is 18.0 Å². The summed E-state index contributed by atoms with van der Waals surface area (Å²) in [5.74, 6) is -0.459. The molecular weight excluding hydrogens is 282 g/mol. The van der Waals surface area contributed by atoms with E-state index < -0.39 is 17.5 Å². The Balaban J connectivity index is 1.59. The summed E-state index contributed by atoms with van der Waals surface area (Å²) in [7, 11) is 0. The number of fused-ring (bicyclic) bond motifs is 1. The first kappa shape index (κ1) is 13.2. The monoisotopic (exact) mass is 295 g/mol. The van der Waals surface area contributed by atoms with Gasteiger partial charge in [0.05, 0.1) is 5.41 Å². The van der Waals surface area contributed by atoms with Gasteiger partial charge in [-0.25, -0.2) is 0 Å². The number of hydrogen-bond donors (Lipinski definition) is 2. The Morgan fingerprint density at radius 1 is 1.45 bits per heavy atom. The topological polar surface area (TPSA) is 75.6 Å². The second-order valence-corrected chi connectivity index (χ2v) is 5.80. The molecule has 2 aliphatic rings. The zero-order valence-corrected chi connectivity index (χ0v) is 11.4. The van der Waals surface area contributed by atoms with Crippen molar-refractivity contribution in [3.8, 4) is 5.75 Å². The molecule has 1 saturated carbocycles. The van der Waals surface area contributed by atoms with Crippen LogP contribution in [0.3, 0.4) is 0 Å². The van der Waals surface area contributed by atoms with Crippen molar-refractivity contribution in [3.63, 3.8) is 0 Å². The molecule has 0 saturated heterocycles. The van der Waals surface area contributed by atoms with Crippen molar-refractivity contribution in [2.24, 2.45) is 5.41 Å². The lowest BCUT2D eigenvalue weighted by molar-refractivity contribution is -0.143. The van der Waals surface area contributed by atoms with Gasteiger partial charge in [-0.3, -0.25) is 9.59 Å². The SMILES string of the molecule is O=C(NCC1(C(=O)O)CC1)C1Cc2cc(Cl)ccc2O1. The highest BCUT2D eigenvalue weighted by Crippen LogP contribution is 2.45. The normalized spacial score (nSPS) is 21.8. The number of halogens is 1. The number of nitrogens with one attached hydrogen (secondary N) is 1. The molecule has 2 N–H and O–H groups in total. The Kier molecular flexibility index (Phi) is 3.09. The maximum Gasteiger partial charge on any atom is 0.311 e. The minimum atomic E-state index is -0.847. The van der Waals surface area contributed by atoms with Crippen LogP contribution in [0.4, 0.5) is 0 Å². The van der Waals surface area contributed by atoms with Gasteiger partial charge in [-0.1, -0.05) is 11.6 Å². The molecule has 20 heavy (non-hydrogen) atoms. The summed E-state index contributed by atoms with van der Waals surface area (Å²) >= 11 is 5.89. The van der Waals surface area contributed by atoms with E-state index in [4.69, 9.17) is 21.4 Å². The number of benzene rings is 1. The Morgan fingerprint density at radius 2 is 2.20 bits per heavy atom. The van der Waals surface area contributed by atoms with Crippen molar-refractivity contribution in [1.29, 1.82) is 0 Å². The number of carbonyl (C=O) groups excluding carboxylic acids is 1. The predicted octanol–water partition coefficient (Wildman–Crippen LogP) is 1.62. The Hall–Kier alpha value is -1.75. The lowest BCUT2D eigenvalue weighted by atomic mass is 10.1.